The van der Waals surface area contributed by atoms with Gasteiger partial charge in [0.2, 0.25) is 0 Å². The molecule has 0 aliphatic rings. The van der Waals surface area contributed by atoms with Crippen molar-refractivity contribution in [1.82, 2.24) is 5.32 Å². The molecular weight excluding hydrogens is 334 g/mol. The van der Waals surface area contributed by atoms with Crippen LogP contribution < -0.4 is 5.32 Å². The fourth-order valence-corrected chi connectivity index (χ4v) is 3.59. The lowest BCUT2D eigenvalue weighted by atomic mass is 10.0. The minimum absolute atomic E-state index is 0.0419. The van der Waals surface area contributed by atoms with Crippen LogP contribution in [0.25, 0.3) is 0 Å². The highest BCUT2D eigenvalue weighted by molar-refractivity contribution is 6.74. The Morgan fingerprint density at radius 3 is 2.12 bits per heavy atom. The second kappa shape index (κ2) is 9.19. The molecule has 1 amide bonds. The molecule has 2 N–H and O–H groups in total. The molecule has 3 atom stereocenters. The van der Waals surface area contributed by atoms with E-state index < -0.39 is 32.2 Å². The van der Waals surface area contributed by atoms with E-state index >= 15 is 0 Å². The first-order chi connectivity index (χ1) is 11.1. The van der Waals surface area contributed by atoms with Crippen LogP contribution in [0.4, 0.5) is 4.79 Å². The van der Waals surface area contributed by atoms with Crippen LogP contribution in [-0.2, 0) is 9.16 Å². The van der Waals surface area contributed by atoms with E-state index in [-0.39, 0.29) is 11.1 Å². The number of aliphatic hydroxyl groups excluding tert-OH is 1. The zero-order valence-corrected chi connectivity index (χ0v) is 18.6. The van der Waals surface area contributed by atoms with Gasteiger partial charge in [-0.05, 0) is 51.7 Å². The molecule has 0 saturated carbocycles. The van der Waals surface area contributed by atoms with E-state index in [1.165, 1.54) is 0 Å². The predicted octanol–water partition coefficient (Wildman–Crippen LogP) is 4.62. The lowest BCUT2D eigenvalue weighted by Gasteiger charge is -2.42. The number of nitrogens with one attached hydrogen (secondary N) is 1. The average molecular weight is 374 g/mol. The van der Waals surface area contributed by atoms with Crippen molar-refractivity contribution in [2.75, 3.05) is 0 Å². The first kappa shape index (κ1) is 24.1. The van der Waals surface area contributed by atoms with E-state index in [2.05, 4.69) is 45.8 Å². The highest BCUT2D eigenvalue weighted by Crippen LogP contribution is 2.38. The molecule has 148 valence electrons. The fraction of sp³-hybridized carbons (Fsp3) is 0.842. The molecule has 5 nitrogen and oxygen atoms in total. The van der Waals surface area contributed by atoms with E-state index in [1.54, 1.807) is 6.08 Å². The molecule has 0 bridgehead atoms. The van der Waals surface area contributed by atoms with Crippen LogP contribution >= 0.6 is 0 Å². The lowest BCUT2D eigenvalue weighted by Crippen LogP contribution is -2.56. The van der Waals surface area contributed by atoms with E-state index in [4.69, 9.17) is 9.16 Å². The summed E-state index contributed by atoms with van der Waals surface area (Å²) in [5.74, 6) is 0. The highest BCUT2D eigenvalue weighted by Gasteiger charge is 2.42. The number of ether oxygens (including phenoxy) is 1. The second-order valence-electron chi connectivity index (χ2n) is 9.09. The summed E-state index contributed by atoms with van der Waals surface area (Å²) in [6.45, 7) is 22.0. The summed E-state index contributed by atoms with van der Waals surface area (Å²) in [6, 6.07) is -0.549. The minimum Gasteiger partial charge on any atom is -0.444 e. The highest BCUT2D eigenvalue weighted by atomic mass is 28.4. The van der Waals surface area contributed by atoms with Crippen LogP contribution in [0.1, 0.15) is 61.3 Å². The van der Waals surface area contributed by atoms with E-state index in [9.17, 15) is 9.90 Å². The summed E-state index contributed by atoms with van der Waals surface area (Å²) in [5, 5.41) is 13.4. The van der Waals surface area contributed by atoms with Gasteiger partial charge in [0.15, 0.2) is 8.32 Å². The van der Waals surface area contributed by atoms with Gasteiger partial charge in [-0.2, -0.15) is 0 Å². The van der Waals surface area contributed by atoms with E-state index in [1.807, 2.05) is 27.7 Å². The minimum atomic E-state index is -2.05. The van der Waals surface area contributed by atoms with Crippen molar-refractivity contribution < 1.29 is 19.1 Å². The summed E-state index contributed by atoms with van der Waals surface area (Å²) in [4.78, 5) is 12.2. The Morgan fingerprint density at radius 1 is 1.24 bits per heavy atom. The van der Waals surface area contributed by atoms with Crippen LogP contribution in [0, 0.1) is 0 Å². The van der Waals surface area contributed by atoms with Gasteiger partial charge in [-0.3, -0.25) is 0 Å². The Kier molecular flexibility index (Phi) is 8.88. The smallest absolute Gasteiger partial charge is 0.408 e. The van der Waals surface area contributed by atoms with Crippen molar-refractivity contribution in [2.45, 2.75) is 103 Å². The van der Waals surface area contributed by atoms with E-state index in [0.29, 0.717) is 12.8 Å². The maximum atomic E-state index is 12.2. The maximum absolute atomic E-state index is 12.2. The zero-order valence-electron chi connectivity index (χ0n) is 17.6. The zero-order chi connectivity index (χ0) is 20.1. The number of amides is 1. The van der Waals surface area contributed by atoms with Gasteiger partial charge < -0.3 is 19.6 Å². The standard InChI is InChI=1S/C19H39NO4Si/c1-11-13-14(21)16(20-17(22)23-18(3,4)5)15(12-2)24-25(9,10)19(6,7)8/h11,14-16,21H,1,12-13H2,2-10H3,(H,20,22)/t14-,15+,16-/m1/s1. The molecule has 0 radical (unpaired) electrons. The molecule has 0 aliphatic carbocycles. The quantitative estimate of drug-likeness (QED) is 0.481. The van der Waals surface area contributed by atoms with Gasteiger partial charge in [0.25, 0.3) is 0 Å². The predicted molar refractivity (Wildman–Crippen MR) is 106 cm³/mol. The Bertz CT molecular complexity index is 438. The normalized spacial score (nSPS) is 16.7. The number of carbonyl (C=O) groups excluding carboxylic acids is 1. The largest absolute Gasteiger partial charge is 0.444 e. The second-order valence-corrected chi connectivity index (χ2v) is 13.8. The molecule has 0 rings (SSSR count). The van der Waals surface area contributed by atoms with Gasteiger partial charge in [0, 0.05) is 0 Å². The monoisotopic (exact) mass is 373 g/mol. The number of alkyl carbamates (subject to hydrolysis) is 1. The molecule has 0 spiro atoms. The number of rotatable bonds is 8. The van der Waals surface area contributed by atoms with Gasteiger partial charge in [0.1, 0.15) is 5.60 Å². The van der Waals surface area contributed by atoms with Gasteiger partial charge in [-0.1, -0.05) is 33.8 Å². The molecule has 0 aromatic carbocycles. The molecule has 0 heterocycles. The molecule has 0 aromatic rings. The van der Waals surface area contributed by atoms with Gasteiger partial charge >= 0.3 is 6.09 Å². The molecule has 0 unspecified atom stereocenters. The van der Waals surface area contributed by atoms with Crippen LogP contribution in [-0.4, -0.2) is 43.4 Å². The van der Waals surface area contributed by atoms with Gasteiger partial charge in [-0.15, -0.1) is 6.58 Å². The maximum Gasteiger partial charge on any atom is 0.408 e. The van der Waals surface area contributed by atoms with Gasteiger partial charge in [-0.25, -0.2) is 4.79 Å². The molecule has 0 fully saturated rings. The molecular formula is C19H39NO4Si. The molecule has 25 heavy (non-hydrogen) atoms. The Morgan fingerprint density at radius 2 is 1.76 bits per heavy atom. The van der Waals surface area contributed by atoms with Gasteiger partial charge in [0.05, 0.1) is 18.2 Å². The summed E-state index contributed by atoms with van der Waals surface area (Å²) >= 11 is 0. The van der Waals surface area contributed by atoms with Crippen LogP contribution in [0.5, 0.6) is 0 Å². The Labute approximate surface area is 155 Å². The molecule has 0 aliphatic heterocycles. The molecule has 6 heteroatoms. The number of hydrogen-bond acceptors (Lipinski definition) is 4. The average Bonchev–Trinajstić information content (AvgIpc) is 2.39. The summed E-state index contributed by atoms with van der Waals surface area (Å²) in [6.07, 6.45) is 1.09. The Hall–Kier alpha value is -0.853. The molecule has 0 aromatic heterocycles. The SMILES string of the molecule is C=CC[C@@H](O)[C@@H](NC(=O)OC(C)(C)C)[C@H](CC)O[Si](C)(C)C(C)(C)C. The topological polar surface area (TPSA) is 67.8 Å². The number of hydrogen-bond donors (Lipinski definition) is 2. The fourth-order valence-electron chi connectivity index (χ4n) is 2.16. The van der Waals surface area contributed by atoms with Crippen molar-refractivity contribution in [3.63, 3.8) is 0 Å². The summed E-state index contributed by atoms with van der Waals surface area (Å²) in [5.41, 5.74) is -0.597. The van der Waals surface area contributed by atoms with E-state index in [0.717, 1.165) is 0 Å². The van der Waals surface area contributed by atoms with Crippen molar-refractivity contribution >= 4 is 14.4 Å². The van der Waals surface area contributed by atoms with Crippen molar-refractivity contribution in [3.05, 3.63) is 12.7 Å². The van der Waals surface area contributed by atoms with Crippen molar-refractivity contribution in [1.29, 1.82) is 0 Å². The molecule has 0 saturated heterocycles. The summed E-state index contributed by atoms with van der Waals surface area (Å²) in [7, 11) is -2.05. The lowest BCUT2D eigenvalue weighted by molar-refractivity contribution is 0.0180. The third-order valence-electron chi connectivity index (χ3n) is 4.56. The Balaban J connectivity index is 5.41. The van der Waals surface area contributed by atoms with Crippen LogP contribution in [0.2, 0.25) is 18.1 Å². The first-order valence-corrected chi connectivity index (χ1v) is 12.0. The van der Waals surface area contributed by atoms with Crippen molar-refractivity contribution in [3.8, 4) is 0 Å². The first-order valence-electron chi connectivity index (χ1n) is 9.11. The van der Waals surface area contributed by atoms with Crippen LogP contribution in [0.3, 0.4) is 0 Å². The summed E-state index contributed by atoms with van der Waals surface area (Å²) < 4.78 is 11.8. The van der Waals surface area contributed by atoms with Crippen molar-refractivity contribution in [2.24, 2.45) is 0 Å². The number of aliphatic hydroxyl groups is 1. The third kappa shape index (κ3) is 8.38. The van der Waals surface area contributed by atoms with Crippen LogP contribution in [0.15, 0.2) is 12.7 Å². The number of carbonyl (C=O) groups is 1. The third-order valence-corrected chi connectivity index (χ3v) is 9.07.